The summed E-state index contributed by atoms with van der Waals surface area (Å²) < 4.78 is 3.97. The first kappa shape index (κ1) is 8.40. The first-order chi connectivity index (χ1) is 7.31. The highest BCUT2D eigenvalue weighted by Gasteiger charge is 2.09. The number of rotatable bonds is 1. The van der Waals surface area contributed by atoms with E-state index in [1.165, 1.54) is 0 Å². The molecule has 3 heterocycles. The van der Waals surface area contributed by atoms with Crippen molar-refractivity contribution in [2.45, 2.75) is 20.4 Å². The average molecular weight is 201 g/mol. The Morgan fingerprint density at radius 2 is 2.00 bits per heavy atom. The topological polar surface area (TPSA) is 48.0 Å². The summed E-state index contributed by atoms with van der Waals surface area (Å²) in [5.41, 5.74) is 3.72. The summed E-state index contributed by atoms with van der Waals surface area (Å²) in [6, 6.07) is 0. The van der Waals surface area contributed by atoms with Crippen molar-refractivity contribution < 1.29 is 0 Å². The smallest absolute Gasteiger partial charge is 0.168 e. The van der Waals surface area contributed by atoms with Crippen LogP contribution < -0.4 is 0 Å². The fraction of sp³-hybridized carbons (Fsp3) is 0.300. The van der Waals surface area contributed by atoms with Crippen LogP contribution in [0.2, 0.25) is 0 Å². The molecular formula is C10H11N5. The van der Waals surface area contributed by atoms with Crippen LogP contribution in [-0.2, 0) is 6.54 Å². The first-order valence-electron chi connectivity index (χ1n) is 4.94. The minimum Gasteiger partial charge on any atom is -0.315 e. The van der Waals surface area contributed by atoms with Crippen LogP contribution in [0.15, 0.2) is 18.9 Å². The highest BCUT2D eigenvalue weighted by Crippen LogP contribution is 2.16. The number of aromatic nitrogens is 5. The van der Waals surface area contributed by atoms with Crippen LogP contribution >= 0.6 is 0 Å². The van der Waals surface area contributed by atoms with E-state index in [9.17, 15) is 0 Å². The molecule has 0 unspecified atom stereocenters. The molecule has 0 bridgehead atoms. The lowest BCUT2D eigenvalue weighted by Crippen LogP contribution is -1.96. The van der Waals surface area contributed by atoms with Gasteiger partial charge in [-0.2, -0.15) is 0 Å². The van der Waals surface area contributed by atoms with Crippen LogP contribution in [0.3, 0.4) is 0 Å². The van der Waals surface area contributed by atoms with Crippen molar-refractivity contribution in [2.24, 2.45) is 0 Å². The molecule has 0 aromatic carbocycles. The van der Waals surface area contributed by atoms with Gasteiger partial charge in [0, 0.05) is 18.4 Å². The lowest BCUT2D eigenvalue weighted by molar-refractivity contribution is 0.776. The van der Waals surface area contributed by atoms with Gasteiger partial charge >= 0.3 is 0 Å². The fourth-order valence-corrected chi connectivity index (χ4v) is 1.78. The van der Waals surface area contributed by atoms with Crippen LogP contribution in [0.4, 0.5) is 0 Å². The molecule has 5 nitrogen and oxygen atoms in total. The monoisotopic (exact) mass is 201 g/mol. The van der Waals surface area contributed by atoms with E-state index in [-0.39, 0.29) is 0 Å². The van der Waals surface area contributed by atoms with Crippen molar-refractivity contribution in [3.63, 3.8) is 0 Å². The van der Waals surface area contributed by atoms with Crippen molar-refractivity contribution in [1.82, 2.24) is 23.9 Å². The number of hydrogen-bond donors (Lipinski definition) is 0. The molecule has 0 atom stereocenters. The van der Waals surface area contributed by atoms with Crippen LogP contribution in [-0.4, -0.2) is 23.9 Å². The lowest BCUT2D eigenvalue weighted by atomic mass is 10.5. The second-order valence-corrected chi connectivity index (χ2v) is 3.54. The molecule has 0 aliphatic carbocycles. The molecule has 0 amide bonds. The quantitative estimate of drug-likeness (QED) is 0.598. The van der Waals surface area contributed by atoms with E-state index in [0.717, 1.165) is 29.0 Å². The molecular weight excluding hydrogens is 190 g/mol. The highest BCUT2D eigenvalue weighted by molar-refractivity contribution is 5.85. The number of imidazole rings is 2. The predicted octanol–water partition coefficient (Wildman–Crippen LogP) is 1.41. The minimum atomic E-state index is 0.868. The number of nitrogens with zero attached hydrogens (tertiary/aromatic N) is 5. The van der Waals surface area contributed by atoms with Gasteiger partial charge in [0.1, 0.15) is 6.33 Å². The molecule has 15 heavy (non-hydrogen) atoms. The van der Waals surface area contributed by atoms with Crippen molar-refractivity contribution in [3.8, 4) is 0 Å². The van der Waals surface area contributed by atoms with Gasteiger partial charge in [0.05, 0.1) is 6.33 Å². The Hall–Kier alpha value is -1.91. The number of aryl methyl sites for hydroxylation is 2. The van der Waals surface area contributed by atoms with E-state index >= 15 is 0 Å². The molecule has 0 spiro atoms. The Bertz CT molecular complexity index is 634. The minimum absolute atomic E-state index is 0.868. The van der Waals surface area contributed by atoms with Gasteiger partial charge in [-0.05, 0) is 13.8 Å². The summed E-state index contributed by atoms with van der Waals surface area (Å²) in [5, 5.41) is 0. The van der Waals surface area contributed by atoms with Crippen molar-refractivity contribution >= 4 is 16.8 Å². The summed E-state index contributed by atoms with van der Waals surface area (Å²) >= 11 is 0. The molecule has 3 rings (SSSR count). The Labute approximate surface area is 86.4 Å². The molecule has 3 aromatic rings. The summed E-state index contributed by atoms with van der Waals surface area (Å²) in [6.45, 7) is 4.95. The standard InChI is InChI=1S/C10H11N5/c1-3-14-5-12-8-9(14)13-6-15-7(2)4-11-10(8)15/h4-6H,3H2,1-2H3. The van der Waals surface area contributed by atoms with E-state index in [0.29, 0.717) is 0 Å². The normalized spacial score (nSPS) is 11.6. The van der Waals surface area contributed by atoms with Crippen LogP contribution in [0, 0.1) is 6.92 Å². The largest absolute Gasteiger partial charge is 0.315 e. The fourth-order valence-electron chi connectivity index (χ4n) is 1.78. The zero-order valence-electron chi connectivity index (χ0n) is 8.68. The third-order valence-corrected chi connectivity index (χ3v) is 2.64. The zero-order chi connectivity index (χ0) is 10.4. The summed E-state index contributed by atoms with van der Waals surface area (Å²) in [4.78, 5) is 13.1. The van der Waals surface area contributed by atoms with Gasteiger partial charge < -0.3 is 4.57 Å². The summed E-state index contributed by atoms with van der Waals surface area (Å²) in [7, 11) is 0. The molecule has 0 fully saturated rings. The first-order valence-corrected chi connectivity index (χ1v) is 4.94. The Kier molecular flexibility index (Phi) is 1.56. The molecule has 5 heteroatoms. The van der Waals surface area contributed by atoms with Crippen molar-refractivity contribution in [2.75, 3.05) is 0 Å². The van der Waals surface area contributed by atoms with Gasteiger partial charge in [-0.3, -0.25) is 4.40 Å². The van der Waals surface area contributed by atoms with Gasteiger partial charge in [-0.25, -0.2) is 15.0 Å². The third-order valence-electron chi connectivity index (χ3n) is 2.64. The highest BCUT2D eigenvalue weighted by atomic mass is 15.1. The van der Waals surface area contributed by atoms with E-state index in [2.05, 4.69) is 21.9 Å². The van der Waals surface area contributed by atoms with Crippen LogP contribution in [0.1, 0.15) is 12.6 Å². The predicted molar refractivity (Wildman–Crippen MR) is 56.7 cm³/mol. The Balaban J connectivity index is 2.50. The molecule has 0 aliphatic heterocycles. The maximum atomic E-state index is 4.40. The second-order valence-electron chi connectivity index (χ2n) is 3.54. The summed E-state index contributed by atoms with van der Waals surface area (Å²) in [5.74, 6) is 0. The maximum Gasteiger partial charge on any atom is 0.168 e. The molecule has 76 valence electrons. The van der Waals surface area contributed by atoms with Gasteiger partial charge in [0.2, 0.25) is 0 Å². The van der Waals surface area contributed by atoms with E-state index in [4.69, 9.17) is 0 Å². The second kappa shape index (κ2) is 2.79. The Morgan fingerprint density at radius 3 is 2.80 bits per heavy atom. The van der Waals surface area contributed by atoms with E-state index in [1.54, 1.807) is 6.33 Å². The van der Waals surface area contributed by atoms with Gasteiger partial charge in [0.15, 0.2) is 16.8 Å². The maximum absolute atomic E-state index is 4.40. The lowest BCUT2D eigenvalue weighted by Gasteiger charge is -1.99. The van der Waals surface area contributed by atoms with Crippen LogP contribution in [0.25, 0.3) is 16.8 Å². The molecule has 0 N–H and O–H groups in total. The number of hydrogen-bond acceptors (Lipinski definition) is 3. The van der Waals surface area contributed by atoms with E-state index in [1.807, 2.05) is 28.4 Å². The third kappa shape index (κ3) is 1.000. The van der Waals surface area contributed by atoms with Crippen molar-refractivity contribution in [3.05, 3.63) is 24.5 Å². The van der Waals surface area contributed by atoms with Crippen molar-refractivity contribution in [1.29, 1.82) is 0 Å². The molecule has 0 saturated carbocycles. The average Bonchev–Trinajstić information content (AvgIpc) is 2.81. The SMILES string of the molecule is CCn1cnc2c1ncn1c(C)cnc21. The summed E-state index contributed by atoms with van der Waals surface area (Å²) in [6.07, 6.45) is 5.44. The molecule has 3 aromatic heterocycles. The zero-order valence-corrected chi connectivity index (χ0v) is 8.68. The molecule has 0 radical (unpaired) electrons. The number of fused-ring (bicyclic) bond motifs is 3. The Morgan fingerprint density at radius 1 is 1.13 bits per heavy atom. The van der Waals surface area contributed by atoms with Gasteiger partial charge in [-0.15, -0.1) is 0 Å². The van der Waals surface area contributed by atoms with Gasteiger partial charge in [0.25, 0.3) is 0 Å². The van der Waals surface area contributed by atoms with Crippen LogP contribution in [0.5, 0.6) is 0 Å². The molecule has 0 saturated heterocycles. The van der Waals surface area contributed by atoms with Gasteiger partial charge in [-0.1, -0.05) is 0 Å². The van der Waals surface area contributed by atoms with E-state index < -0.39 is 0 Å². The molecule has 0 aliphatic rings.